The van der Waals surface area contributed by atoms with Crippen LogP contribution in [0.4, 0.5) is 4.39 Å². The van der Waals surface area contributed by atoms with Crippen molar-refractivity contribution in [3.63, 3.8) is 0 Å². The van der Waals surface area contributed by atoms with Gasteiger partial charge >= 0.3 is 11.9 Å². The van der Waals surface area contributed by atoms with Crippen LogP contribution >= 0.6 is 0 Å². The molecule has 1 amide bonds. The van der Waals surface area contributed by atoms with Crippen LogP contribution in [0.2, 0.25) is 0 Å². The van der Waals surface area contributed by atoms with Gasteiger partial charge in [-0.25, -0.2) is 9.78 Å². The number of carbonyl (C=O) groups excluding carboxylic acids is 1. The van der Waals surface area contributed by atoms with Crippen molar-refractivity contribution >= 4 is 17.8 Å². The molecule has 0 aliphatic carbocycles. The summed E-state index contributed by atoms with van der Waals surface area (Å²) in [6.45, 7) is 0. The van der Waals surface area contributed by atoms with E-state index in [1.54, 1.807) is 0 Å². The zero-order valence-electron chi connectivity index (χ0n) is 8.96. The zero-order valence-corrected chi connectivity index (χ0v) is 8.96. The van der Waals surface area contributed by atoms with Gasteiger partial charge in [0.15, 0.2) is 0 Å². The van der Waals surface area contributed by atoms with E-state index in [0.717, 1.165) is 18.3 Å². The highest BCUT2D eigenvalue weighted by Gasteiger charge is 2.23. The van der Waals surface area contributed by atoms with Crippen molar-refractivity contribution in [1.29, 1.82) is 0 Å². The van der Waals surface area contributed by atoms with Crippen molar-refractivity contribution in [3.8, 4) is 0 Å². The van der Waals surface area contributed by atoms with Crippen LogP contribution in [0.3, 0.4) is 0 Å². The van der Waals surface area contributed by atoms with Gasteiger partial charge < -0.3 is 15.5 Å². The van der Waals surface area contributed by atoms with Gasteiger partial charge in [0.2, 0.25) is 5.95 Å². The van der Waals surface area contributed by atoms with Crippen molar-refractivity contribution in [3.05, 3.63) is 29.8 Å². The first-order valence-electron chi connectivity index (χ1n) is 4.77. The quantitative estimate of drug-likeness (QED) is 0.632. The molecule has 18 heavy (non-hydrogen) atoms. The minimum absolute atomic E-state index is 0.0620. The van der Waals surface area contributed by atoms with Gasteiger partial charge in [-0.15, -0.1) is 0 Å². The monoisotopic (exact) mass is 256 g/mol. The highest BCUT2D eigenvalue weighted by atomic mass is 19.1. The van der Waals surface area contributed by atoms with E-state index in [0.29, 0.717) is 0 Å². The van der Waals surface area contributed by atoms with Gasteiger partial charge in [-0.05, 0) is 12.1 Å². The Balaban J connectivity index is 2.75. The largest absolute Gasteiger partial charge is 0.481 e. The number of carboxylic acids is 2. The van der Waals surface area contributed by atoms with Crippen molar-refractivity contribution in [2.24, 2.45) is 0 Å². The number of aliphatic carboxylic acids is 2. The van der Waals surface area contributed by atoms with E-state index in [4.69, 9.17) is 10.2 Å². The molecule has 3 N–H and O–H groups in total. The molecular formula is C10H9FN2O5. The highest BCUT2D eigenvalue weighted by molar-refractivity contribution is 5.97. The minimum atomic E-state index is -1.56. The predicted octanol–water partition coefficient (Wildman–Crippen LogP) is -0.122. The number of halogens is 1. The molecule has 0 saturated carbocycles. The van der Waals surface area contributed by atoms with Gasteiger partial charge in [-0.3, -0.25) is 9.59 Å². The number of hydrogen-bond donors (Lipinski definition) is 3. The summed E-state index contributed by atoms with van der Waals surface area (Å²) < 4.78 is 12.5. The van der Waals surface area contributed by atoms with Gasteiger partial charge in [0, 0.05) is 6.20 Å². The molecule has 1 rings (SSSR count). The maximum absolute atomic E-state index is 12.5. The maximum atomic E-state index is 12.5. The summed E-state index contributed by atoms with van der Waals surface area (Å²) in [6, 6.07) is 0.485. The van der Waals surface area contributed by atoms with Crippen LogP contribution in [0.25, 0.3) is 0 Å². The second kappa shape index (κ2) is 5.71. The van der Waals surface area contributed by atoms with E-state index in [-0.39, 0.29) is 5.56 Å². The lowest BCUT2D eigenvalue weighted by Gasteiger charge is -2.11. The van der Waals surface area contributed by atoms with Crippen molar-refractivity contribution in [1.82, 2.24) is 10.3 Å². The summed E-state index contributed by atoms with van der Waals surface area (Å²) in [5, 5.41) is 19.2. The normalized spacial score (nSPS) is 11.6. The lowest BCUT2D eigenvalue weighted by atomic mass is 10.2. The minimum Gasteiger partial charge on any atom is -0.481 e. The number of carbonyl (C=O) groups is 3. The Morgan fingerprint density at radius 2 is 2.00 bits per heavy atom. The number of nitrogens with zero attached hydrogens (tertiary/aromatic N) is 1. The van der Waals surface area contributed by atoms with Crippen LogP contribution < -0.4 is 5.32 Å². The molecule has 0 saturated heterocycles. The van der Waals surface area contributed by atoms with E-state index < -0.39 is 36.3 Å². The standard InChI is InChI=1S/C10H9FN2O5/c11-7-2-1-5(4-12-7)9(16)13-6(10(17)18)3-8(14)15/h1-2,4,6H,3H2,(H,13,16)(H,14,15)(H,17,18)/t6-/m0/s1. The fraction of sp³-hybridized carbons (Fsp3) is 0.200. The number of rotatable bonds is 5. The Labute approximate surface area is 100 Å². The van der Waals surface area contributed by atoms with Crippen molar-refractivity contribution in [2.75, 3.05) is 0 Å². The molecule has 1 heterocycles. The Hall–Kier alpha value is -2.51. The van der Waals surface area contributed by atoms with Crippen LogP contribution in [0.1, 0.15) is 16.8 Å². The average molecular weight is 256 g/mol. The Kier molecular flexibility index (Phi) is 4.30. The second-order valence-electron chi connectivity index (χ2n) is 3.33. The SMILES string of the molecule is O=C(O)C[C@H](NC(=O)c1ccc(F)nc1)C(=O)O. The summed E-state index contributed by atoms with van der Waals surface area (Å²) in [5.41, 5.74) is -0.0620. The van der Waals surface area contributed by atoms with E-state index in [9.17, 15) is 18.8 Å². The zero-order chi connectivity index (χ0) is 13.7. The second-order valence-corrected chi connectivity index (χ2v) is 3.33. The fourth-order valence-electron chi connectivity index (χ4n) is 1.13. The highest BCUT2D eigenvalue weighted by Crippen LogP contribution is 2.01. The number of aromatic nitrogens is 1. The van der Waals surface area contributed by atoms with Gasteiger partial charge in [-0.2, -0.15) is 4.39 Å². The number of amides is 1. The molecule has 8 heteroatoms. The van der Waals surface area contributed by atoms with Gasteiger partial charge in [-0.1, -0.05) is 0 Å². The molecule has 0 radical (unpaired) electrons. The fourth-order valence-corrected chi connectivity index (χ4v) is 1.13. The third-order valence-corrected chi connectivity index (χ3v) is 1.97. The summed E-state index contributed by atoms with van der Waals surface area (Å²) in [5.74, 6) is -4.45. The predicted molar refractivity (Wildman–Crippen MR) is 55.3 cm³/mol. The van der Waals surface area contributed by atoms with Crippen LogP contribution in [0.15, 0.2) is 18.3 Å². The third-order valence-electron chi connectivity index (χ3n) is 1.97. The first-order valence-corrected chi connectivity index (χ1v) is 4.77. The van der Waals surface area contributed by atoms with Crippen LogP contribution in [0, 0.1) is 5.95 Å². The first-order chi connectivity index (χ1) is 8.40. The summed E-state index contributed by atoms with van der Waals surface area (Å²) >= 11 is 0. The number of pyridine rings is 1. The molecule has 0 aliphatic heterocycles. The van der Waals surface area contributed by atoms with E-state index in [1.165, 1.54) is 0 Å². The molecule has 0 fully saturated rings. The average Bonchev–Trinajstić information content (AvgIpc) is 2.28. The molecule has 0 unspecified atom stereocenters. The smallest absolute Gasteiger partial charge is 0.326 e. The van der Waals surface area contributed by atoms with Crippen LogP contribution in [-0.2, 0) is 9.59 Å². The van der Waals surface area contributed by atoms with Gasteiger partial charge in [0.1, 0.15) is 6.04 Å². The Bertz CT molecular complexity index is 474. The molecule has 96 valence electrons. The van der Waals surface area contributed by atoms with Crippen LogP contribution in [-0.4, -0.2) is 39.1 Å². The van der Waals surface area contributed by atoms with Crippen molar-refractivity contribution in [2.45, 2.75) is 12.5 Å². The lowest BCUT2D eigenvalue weighted by molar-refractivity contribution is -0.145. The molecule has 1 atom stereocenters. The number of nitrogens with one attached hydrogen (secondary N) is 1. The molecule has 0 bridgehead atoms. The molecule has 0 spiro atoms. The molecular weight excluding hydrogens is 247 g/mol. The van der Waals surface area contributed by atoms with E-state index >= 15 is 0 Å². The van der Waals surface area contributed by atoms with E-state index in [1.807, 2.05) is 5.32 Å². The number of hydrogen-bond acceptors (Lipinski definition) is 4. The van der Waals surface area contributed by atoms with Crippen LogP contribution in [0.5, 0.6) is 0 Å². The number of carboxylic acid groups (broad SMARTS) is 2. The molecule has 0 aromatic carbocycles. The van der Waals surface area contributed by atoms with Gasteiger partial charge in [0.25, 0.3) is 5.91 Å². The molecule has 1 aromatic rings. The first kappa shape index (κ1) is 13.6. The molecule has 1 aromatic heterocycles. The van der Waals surface area contributed by atoms with Gasteiger partial charge in [0.05, 0.1) is 12.0 Å². The summed E-state index contributed by atoms with van der Waals surface area (Å²) in [4.78, 5) is 35.8. The molecule has 0 aliphatic rings. The third kappa shape index (κ3) is 3.81. The lowest BCUT2D eigenvalue weighted by Crippen LogP contribution is -2.42. The topological polar surface area (TPSA) is 117 Å². The Morgan fingerprint density at radius 3 is 2.44 bits per heavy atom. The summed E-state index contributed by atoms with van der Waals surface area (Å²) in [6.07, 6.45) is 0.167. The van der Waals surface area contributed by atoms with E-state index in [2.05, 4.69) is 4.98 Å². The Morgan fingerprint density at radius 1 is 1.33 bits per heavy atom. The summed E-state index contributed by atoms with van der Waals surface area (Å²) in [7, 11) is 0. The van der Waals surface area contributed by atoms with Crippen molar-refractivity contribution < 1.29 is 29.0 Å². The maximum Gasteiger partial charge on any atom is 0.326 e. The molecule has 7 nitrogen and oxygen atoms in total.